The third kappa shape index (κ3) is 4.53. The first-order valence-corrected chi connectivity index (χ1v) is 11.3. The molecule has 3 aromatic carbocycles. The number of nitrogens with one attached hydrogen (secondary N) is 1. The van der Waals surface area contributed by atoms with Crippen LogP contribution in [0, 0.1) is 13.8 Å². The first kappa shape index (κ1) is 21.0. The van der Waals surface area contributed by atoms with Gasteiger partial charge in [0.1, 0.15) is 11.5 Å². The van der Waals surface area contributed by atoms with Crippen molar-refractivity contribution >= 4 is 11.6 Å². The van der Waals surface area contributed by atoms with Crippen molar-refractivity contribution in [3.8, 4) is 11.5 Å². The second-order valence-corrected chi connectivity index (χ2v) is 8.57. The van der Waals surface area contributed by atoms with Crippen molar-refractivity contribution in [2.24, 2.45) is 0 Å². The molecule has 5 nitrogen and oxygen atoms in total. The number of nitrogens with zero attached hydrogens (tertiary/aromatic N) is 2. The number of rotatable bonds is 6. The van der Waals surface area contributed by atoms with Gasteiger partial charge in [-0.3, -0.25) is 4.79 Å². The molecule has 4 aromatic rings. The molecule has 0 aliphatic carbocycles. The fourth-order valence-electron chi connectivity index (χ4n) is 4.20. The van der Waals surface area contributed by atoms with Gasteiger partial charge in [-0.2, -0.15) is 0 Å². The fraction of sp³-hybridized carbons (Fsp3) is 0.214. The van der Waals surface area contributed by atoms with E-state index in [1.807, 2.05) is 62.4 Å². The summed E-state index contributed by atoms with van der Waals surface area (Å²) in [5, 5.41) is 2.97. The van der Waals surface area contributed by atoms with Crippen molar-refractivity contribution in [2.45, 2.75) is 33.4 Å². The molecule has 166 valence electrons. The number of aromatic nitrogens is 1. The van der Waals surface area contributed by atoms with E-state index in [9.17, 15) is 4.79 Å². The molecule has 0 bridgehead atoms. The highest BCUT2D eigenvalue weighted by atomic mass is 16.4. The maximum absolute atomic E-state index is 12.5. The minimum absolute atomic E-state index is 0.0981. The highest BCUT2D eigenvalue weighted by molar-refractivity contribution is 5.94. The van der Waals surface area contributed by atoms with Crippen molar-refractivity contribution in [2.75, 3.05) is 11.4 Å². The van der Waals surface area contributed by atoms with Crippen LogP contribution in [0.4, 0.5) is 5.69 Å². The van der Waals surface area contributed by atoms with E-state index in [0.717, 1.165) is 42.1 Å². The molecule has 0 radical (unpaired) electrons. The van der Waals surface area contributed by atoms with Crippen molar-refractivity contribution in [3.05, 3.63) is 107 Å². The van der Waals surface area contributed by atoms with E-state index < -0.39 is 0 Å². The number of carbonyl (C=O) groups is 1. The summed E-state index contributed by atoms with van der Waals surface area (Å²) in [4.78, 5) is 19.6. The van der Waals surface area contributed by atoms with Gasteiger partial charge in [-0.15, -0.1) is 0 Å². The molecular formula is C28H27N3O2. The van der Waals surface area contributed by atoms with E-state index in [1.165, 1.54) is 16.8 Å². The second kappa shape index (κ2) is 8.94. The Morgan fingerprint density at radius 3 is 2.55 bits per heavy atom. The summed E-state index contributed by atoms with van der Waals surface area (Å²) in [5.74, 6) is 1.31. The Morgan fingerprint density at radius 2 is 1.76 bits per heavy atom. The van der Waals surface area contributed by atoms with Gasteiger partial charge in [0, 0.05) is 29.9 Å². The molecule has 0 atom stereocenters. The lowest BCUT2D eigenvalue weighted by molar-refractivity contribution is 0.0951. The molecule has 2 heterocycles. The Hall–Kier alpha value is -3.86. The lowest BCUT2D eigenvalue weighted by Crippen LogP contribution is -2.22. The van der Waals surface area contributed by atoms with Gasteiger partial charge in [-0.25, -0.2) is 4.98 Å². The quantitative estimate of drug-likeness (QED) is 0.436. The van der Waals surface area contributed by atoms with Crippen LogP contribution in [0.15, 0.2) is 77.2 Å². The molecule has 0 saturated heterocycles. The standard InChI is InChI=1S/C28H27N3O2/c1-19-7-9-21(10-8-19)17-29-27(32)23-11-13-24(14-12-23)28-30-25(20(2)33-28)18-31-16-15-22-5-3-4-6-26(22)31/h3-14H,15-18H2,1-2H3,(H,29,32). The first-order valence-electron chi connectivity index (χ1n) is 11.3. The monoisotopic (exact) mass is 437 g/mol. The normalized spacial score (nSPS) is 12.6. The summed E-state index contributed by atoms with van der Waals surface area (Å²) in [6, 6.07) is 24.1. The van der Waals surface area contributed by atoms with Crippen molar-refractivity contribution in [1.29, 1.82) is 0 Å². The Balaban J connectivity index is 1.25. The summed E-state index contributed by atoms with van der Waals surface area (Å²) in [5.41, 5.74) is 7.37. The highest BCUT2D eigenvalue weighted by Gasteiger charge is 2.21. The van der Waals surface area contributed by atoms with Crippen molar-refractivity contribution in [3.63, 3.8) is 0 Å². The minimum atomic E-state index is -0.0981. The number of oxazole rings is 1. The van der Waals surface area contributed by atoms with Crippen LogP contribution in [0.25, 0.3) is 11.5 Å². The third-order valence-electron chi connectivity index (χ3n) is 6.18. The van der Waals surface area contributed by atoms with Gasteiger partial charge in [0.25, 0.3) is 5.91 Å². The molecule has 1 aromatic heterocycles. The summed E-state index contributed by atoms with van der Waals surface area (Å²) in [6.07, 6.45) is 1.06. The van der Waals surface area contributed by atoms with Gasteiger partial charge in [-0.1, -0.05) is 48.0 Å². The lowest BCUT2D eigenvalue weighted by atomic mass is 10.1. The third-order valence-corrected chi connectivity index (χ3v) is 6.18. The Morgan fingerprint density at radius 1 is 1.00 bits per heavy atom. The van der Waals surface area contributed by atoms with Crippen LogP contribution < -0.4 is 10.2 Å². The van der Waals surface area contributed by atoms with Crippen LogP contribution in [0.5, 0.6) is 0 Å². The zero-order valence-electron chi connectivity index (χ0n) is 19.0. The van der Waals surface area contributed by atoms with Crippen LogP contribution in [0.2, 0.25) is 0 Å². The smallest absolute Gasteiger partial charge is 0.251 e. The van der Waals surface area contributed by atoms with E-state index in [2.05, 4.69) is 34.5 Å². The minimum Gasteiger partial charge on any atom is -0.441 e. The number of benzene rings is 3. The zero-order valence-corrected chi connectivity index (χ0v) is 19.0. The van der Waals surface area contributed by atoms with E-state index in [0.29, 0.717) is 18.0 Å². The van der Waals surface area contributed by atoms with Crippen LogP contribution in [0.1, 0.15) is 38.5 Å². The van der Waals surface area contributed by atoms with E-state index in [1.54, 1.807) is 0 Å². The SMILES string of the molecule is Cc1ccc(CNC(=O)c2ccc(-c3nc(CN4CCc5ccccc54)c(C)o3)cc2)cc1. The average molecular weight is 438 g/mol. The molecular weight excluding hydrogens is 410 g/mol. The van der Waals surface area contributed by atoms with E-state index in [-0.39, 0.29) is 5.91 Å². The van der Waals surface area contributed by atoms with Crippen molar-refractivity contribution in [1.82, 2.24) is 10.3 Å². The summed E-state index contributed by atoms with van der Waals surface area (Å²) < 4.78 is 5.98. The zero-order chi connectivity index (χ0) is 22.8. The molecule has 1 N–H and O–H groups in total. The number of hydrogen-bond acceptors (Lipinski definition) is 4. The Kier molecular flexibility index (Phi) is 5.69. The lowest BCUT2D eigenvalue weighted by Gasteiger charge is -2.17. The molecule has 1 aliphatic heterocycles. The van der Waals surface area contributed by atoms with Gasteiger partial charge in [-0.05, 0) is 61.7 Å². The summed E-state index contributed by atoms with van der Waals surface area (Å²) in [6.45, 7) is 6.23. The van der Waals surface area contributed by atoms with Gasteiger partial charge in [0.05, 0.1) is 6.54 Å². The van der Waals surface area contributed by atoms with Gasteiger partial charge < -0.3 is 14.6 Å². The van der Waals surface area contributed by atoms with Gasteiger partial charge in [0.15, 0.2) is 0 Å². The average Bonchev–Trinajstić information content (AvgIpc) is 3.42. The number of hydrogen-bond donors (Lipinski definition) is 1. The van der Waals surface area contributed by atoms with Gasteiger partial charge in [0.2, 0.25) is 5.89 Å². The predicted molar refractivity (Wildman–Crippen MR) is 130 cm³/mol. The van der Waals surface area contributed by atoms with Crippen LogP contribution in [0.3, 0.4) is 0 Å². The summed E-state index contributed by atoms with van der Waals surface area (Å²) >= 11 is 0. The molecule has 0 spiro atoms. The Labute approximate surface area is 194 Å². The molecule has 33 heavy (non-hydrogen) atoms. The van der Waals surface area contributed by atoms with Crippen LogP contribution in [-0.4, -0.2) is 17.4 Å². The highest BCUT2D eigenvalue weighted by Crippen LogP contribution is 2.30. The van der Waals surface area contributed by atoms with Crippen molar-refractivity contribution < 1.29 is 9.21 Å². The number of carbonyl (C=O) groups excluding carboxylic acids is 1. The molecule has 1 aliphatic rings. The molecule has 0 saturated carbocycles. The maximum Gasteiger partial charge on any atom is 0.251 e. The molecule has 5 rings (SSSR count). The largest absolute Gasteiger partial charge is 0.441 e. The topological polar surface area (TPSA) is 58.4 Å². The second-order valence-electron chi connectivity index (χ2n) is 8.57. The molecule has 0 fully saturated rings. The molecule has 0 unspecified atom stereocenters. The predicted octanol–water partition coefficient (Wildman–Crippen LogP) is 5.45. The van der Waals surface area contributed by atoms with Crippen LogP contribution in [-0.2, 0) is 19.5 Å². The number of para-hydroxylation sites is 1. The number of aryl methyl sites for hydroxylation is 2. The summed E-state index contributed by atoms with van der Waals surface area (Å²) in [7, 11) is 0. The number of anilines is 1. The number of fused-ring (bicyclic) bond motifs is 1. The fourth-order valence-corrected chi connectivity index (χ4v) is 4.20. The first-order chi connectivity index (χ1) is 16.1. The molecule has 5 heteroatoms. The maximum atomic E-state index is 12.5. The Bertz CT molecular complexity index is 1270. The van der Waals surface area contributed by atoms with Crippen LogP contribution >= 0.6 is 0 Å². The van der Waals surface area contributed by atoms with E-state index in [4.69, 9.17) is 9.40 Å². The van der Waals surface area contributed by atoms with E-state index >= 15 is 0 Å². The molecule has 1 amide bonds. The van der Waals surface area contributed by atoms with Gasteiger partial charge >= 0.3 is 0 Å². The number of amides is 1.